The molecular weight excluding hydrogens is 315 g/mol. The summed E-state index contributed by atoms with van der Waals surface area (Å²) in [6, 6.07) is 7.19. The summed E-state index contributed by atoms with van der Waals surface area (Å²) in [6.45, 7) is 0. The van der Waals surface area contributed by atoms with Crippen molar-refractivity contribution in [3.05, 3.63) is 33.4 Å². The van der Waals surface area contributed by atoms with Crippen molar-refractivity contribution in [1.82, 2.24) is 0 Å². The average molecular weight is 326 g/mol. The molecular formula is C9H11IO3S. The molecule has 0 spiro atoms. The molecule has 1 atom stereocenters. The lowest BCUT2D eigenvalue weighted by Crippen LogP contribution is -2.13. The molecule has 78 valence electrons. The fraction of sp³-hybridized carbons (Fsp3) is 0.333. The Bertz CT molecular complexity index is 414. The number of aliphatic hydroxyl groups is 1. The highest BCUT2D eigenvalue weighted by Gasteiger charge is 2.16. The van der Waals surface area contributed by atoms with Crippen LogP contribution in [0.4, 0.5) is 0 Å². The van der Waals surface area contributed by atoms with E-state index in [1.165, 1.54) is 0 Å². The lowest BCUT2D eigenvalue weighted by atomic mass is 10.1. The quantitative estimate of drug-likeness (QED) is 0.854. The van der Waals surface area contributed by atoms with Crippen LogP contribution in [0.1, 0.15) is 11.7 Å². The van der Waals surface area contributed by atoms with E-state index in [9.17, 15) is 13.5 Å². The Labute approximate surface area is 97.2 Å². The second-order valence-electron chi connectivity index (χ2n) is 3.13. The molecule has 0 aliphatic rings. The predicted octanol–water partition coefficient (Wildman–Crippen LogP) is 1.37. The standard InChI is InChI=1S/C9H11IO3S/c1-14(12,13)6-9(11)7-4-2-3-5-8(7)10/h2-5,9,11H,6H2,1H3. The molecule has 5 heteroatoms. The molecule has 1 unspecified atom stereocenters. The minimum atomic E-state index is -3.14. The van der Waals surface area contributed by atoms with Crippen LogP contribution in [0.3, 0.4) is 0 Å². The first-order valence-corrected chi connectivity index (χ1v) is 7.14. The van der Waals surface area contributed by atoms with E-state index in [1.54, 1.807) is 12.1 Å². The zero-order chi connectivity index (χ0) is 10.8. The minimum Gasteiger partial charge on any atom is -0.387 e. The lowest BCUT2D eigenvalue weighted by molar-refractivity contribution is 0.201. The van der Waals surface area contributed by atoms with Gasteiger partial charge in [0.25, 0.3) is 0 Å². The van der Waals surface area contributed by atoms with Crippen LogP contribution in [0.15, 0.2) is 24.3 Å². The highest BCUT2D eigenvalue weighted by Crippen LogP contribution is 2.20. The fourth-order valence-corrected chi connectivity index (χ4v) is 2.62. The predicted molar refractivity (Wildman–Crippen MR) is 63.8 cm³/mol. The van der Waals surface area contributed by atoms with Crippen molar-refractivity contribution in [3.8, 4) is 0 Å². The van der Waals surface area contributed by atoms with Crippen molar-refractivity contribution in [3.63, 3.8) is 0 Å². The second kappa shape index (κ2) is 4.59. The summed E-state index contributed by atoms with van der Waals surface area (Å²) < 4.78 is 22.8. The summed E-state index contributed by atoms with van der Waals surface area (Å²) in [7, 11) is -3.14. The van der Waals surface area contributed by atoms with E-state index in [1.807, 2.05) is 12.1 Å². The summed E-state index contributed by atoms with van der Waals surface area (Å²) >= 11 is 2.07. The van der Waals surface area contributed by atoms with Crippen LogP contribution in [0.2, 0.25) is 0 Å². The van der Waals surface area contributed by atoms with Crippen molar-refractivity contribution in [2.24, 2.45) is 0 Å². The largest absolute Gasteiger partial charge is 0.387 e. The number of aliphatic hydroxyl groups excluding tert-OH is 1. The molecule has 0 saturated carbocycles. The fourth-order valence-electron chi connectivity index (χ4n) is 1.12. The van der Waals surface area contributed by atoms with Crippen LogP contribution in [0.5, 0.6) is 0 Å². The third-order valence-electron chi connectivity index (χ3n) is 1.72. The van der Waals surface area contributed by atoms with Crippen molar-refractivity contribution in [1.29, 1.82) is 0 Å². The molecule has 0 aliphatic heterocycles. The van der Waals surface area contributed by atoms with Crippen LogP contribution < -0.4 is 0 Å². The molecule has 0 radical (unpaired) electrons. The molecule has 0 amide bonds. The lowest BCUT2D eigenvalue weighted by Gasteiger charge is -2.11. The Balaban J connectivity index is 2.90. The Morgan fingerprint density at radius 3 is 2.50 bits per heavy atom. The van der Waals surface area contributed by atoms with E-state index in [4.69, 9.17) is 0 Å². The van der Waals surface area contributed by atoms with Gasteiger partial charge in [-0.3, -0.25) is 0 Å². The SMILES string of the molecule is CS(=O)(=O)CC(O)c1ccccc1I. The topological polar surface area (TPSA) is 54.4 Å². The summed E-state index contributed by atoms with van der Waals surface area (Å²) in [6.07, 6.45) is 0.185. The maximum absolute atomic E-state index is 11.0. The molecule has 1 aromatic rings. The summed E-state index contributed by atoms with van der Waals surface area (Å²) in [5, 5.41) is 9.65. The first kappa shape index (κ1) is 11.9. The molecule has 0 aromatic heterocycles. The number of halogens is 1. The maximum Gasteiger partial charge on any atom is 0.150 e. The Hall–Kier alpha value is -0.140. The Morgan fingerprint density at radius 2 is 2.00 bits per heavy atom. The first-order chi connectivity index (χ1) is 6.40. The summed E-state index contributed by atoms with van der Waals surface area (Å²) in [5.41, 5.74) is 0.665. The number of benzene rings is 1. The van der Waals surface area contributed by atoms with E-state index in [2.05, 4.69) is 22.6 Å². The van der Waals surface area contributed by atoms with Crippen LogP contribution in [0.25, 0.3) is 0 Å². The van der Waals surface area contributed by atoms with Crippen molar-refractivity contribution >= 4 is 32.4 Å². The molecule has 0 fully saturated rings. The van der Waals surface area contributed by atoms with Crippen LogP contribution >= 0.6 is 22.6 Å². The van der Waals surface area contributed by atoms with Gasteiger partial charge in [0.2, 0.25) is 0 Å². The smallest absolute Gasteiger partial charge is 0.150 e. The zero-order valence-corrected chi connectivity index (χ0v) is 10.6. The van der Waals surface area contributed by atoms with Gasteiger partial charge in [-0.1, -0.05) is 18.2 Å². The molecule has 1 aromatic carbocycles. The number of hydrogen-bond donors (Lipinski definition) is 1. The molecule has 0 heterocycles. The molecule has 0 bridgehead atoms. The van der Waals surface area contributed by atoms with E-state index < -0.39 is 15.9 Å². The van der Waals surface area contributed by atoms with Gasteiger partial charge in [-0.25, -0.2) is 8.42 Å². The third kappa shape index (κ3) is 3.55. The summed E-state index contributed by atoms with van der Waals surface area (Å²) in [4.78, 5) is 0. The molecule has 0 saturated heterocycles. The van der Waals surface area contributed by atoms with E-state index >= 15 is 0 Å². The summed E-state index contributed by atoms with van der Waals surface area (Å²) in [5.74, 6) is -0.229. The molecule has 1 N–H and O–H groups in total. The highest BCUT2D eigenvalue weighted by molar-refractivity contribution is 14.1. The van der Waals surface area contributed by atoms with Gasteiger partial charge in [-0.05, 0) is 34.2 Å². The maximum atomic E-state index is 11.0. The van der Waals surface area contributed by atoms with Crippen LogP contribution in [0, 0.1) is 3.57 Å². The Morgan fingerprint density at radius 1 is 1.43 bits per heavy atom. The van der Waals surface area contributed by atoms with E-state index in [0.717, 1.165) is 9.83 Å². The Kier molecular flexibility index (Phi) is 3.91. The van der Waals surface area contributed by atoms with E-state index in [-0.39, 0.29) is 5.75 Å². The van der Waals surface area contributed by atoms with Crippen molar-refractivity contribution in [2.75, 3.05) is 12.0 Å². The highest BCUT2D eigenvalue weighted by atomic mass is 127. The minimum absolute atomic E-state index is 0.229. The number of hydrogen-bond acceptors (Lipinski definition) is 3. The zero-order valence-electron chi connectivity index (χ0n) is 7.64. The van der Waals surface area contributed by atoms with Gasteiger partial charge < -0.3 is 5.11 Å². The van der Waals surface area contributed by atoms with Gasteiger partial charge in [-0.15, -0.1) is 0 Å². The second-order valence-corrected chi connectivity index (χ2v) is 6.48. The molecule has 0 aliphatic carbocycles. The van der Waals surface area contributed by atoms with Gasteiger partial charge >= 0.3 is 0 Å². The molecule has 14 heavy (non-hydrogen) atoms. The van der Waals surface area contributed by atoms with Crippen molar-refractivity contribution < 1.29 is 13.5 Å². The van der Waals surface area contributed by atoms with Gasteiger partial charge in [0.15, 0.2) is 0 Å². The number of sulfone groups is 1. The third-order valence-corrected chi connectivity index (χ3v) is 3.63. The van der Waals surface area contributed by atoms with Gasteiger partial charge in [0.05, 0.1) is 11.9 Å². The monoisotopic (exact) mass is 326 g/mol. The number of rotatable bonds is 3. The first-order valence-electron chi connectivity index (χ1n) is 4.00. The average Bonchev–Trinajstić information content (AvgIpc) is 2.01. The van der Waals surface area contributed by atoms with Crippen LogP contribution in [-0.2, 0) is 9.84 Å². The van der Waals surface area contributed by atoms with E-state index in [0.29, 0.717) is 5.56 Å². The van der Waals surface area contributed by atoms with Gasteiger partial charge in [-0.2, -0.15) is 0 Å². The molecule has 3 nitrogen and oxygen atoms in total. The van der Waals surface area contributed by atoms with Crippen LogP contribution in [-0.4, -0.2) is 25.5 Å². The molecule has 1 rings (SSSR count). The van der Waals surface area contributed by atoms with Gasteiger partial charge in [0, 0.05) is 9.83 Å². The van der Waals surface area contributed by atoms with Gasteiger partial charge in [0.1, 0.15) is 9.84 Å². The van der Waals surface area contributed by atoms with Crippen molar-refractivity contribution in [2.45, 2.75) is 6.10 Å². The normalized spacial score (nSPS) is 13.9.